The maximum Gasteiger partial charge on any atom is 0.250 e. The van der Waals surface area contributed by atoms with E-state index in [4.69, 9.17) is 0 Å². The van der Waals surface area contributed by atoms with Crippen molar-refractivity contribution in [1.29, 1.82) is 0 Å². The van der Waals surface area contributed by atoms with E-state index in [0.29, 0.717) is 5.95 Å². The first-order valence-corrected chi connectivity index (χ1v) is 10.4. The number of nitrogens with zero attached hydrogens (tertiary/aromatic N) is 6. The number of halogens is 1. The van der Waals surface area contributed by atoms with Gasteiger partial charge in [0.05, 0.1) is 11.9 Å². The molecule has 1 aliphatic heterocycles. The van der Waals surface area contributed by atoms with E-state index in [9.17, 15) is 4.79 Å². The van der Waals surface area contributed by atoms with E-state index in [2.05, 4.69) is 48.4 Å². The van der Waals surface area contributed by atoms with Crippen molar-refractivity contribution in [2.24, 2.45) is 0 Å². The molecule has 1 N–H and O–H groups in total. The monoisotopic (exact) mass is 453 g/mol. The Hall–Kier alpha value is -3.23. The van der Waals surface area contributed by atoms with Gasteiger partial charge in [0, 0.05) is 69.0 Å². The third-order valence-corrected chi connectivity index (χ3v) is 5.35. The molecule has 0 radical (unpaired) electrons. The van der Waals surface area contributed by atoms with Gasteiger partial charge >= 0.3 is 0 Å². The molecule has 168 valence electrons. The maximum absolute atomic E-state index is 11.3. The van der Waals surface area contributed by atoms with Crippen molar-refractivity contribution in [3.05, 3.63) is 66.3 Å². The van der Waals surface area contributed by atoms with Crippen LogP contribution in [0.1, 0.15) is 18.2 Å². The molecule has 1 fully saturated rings. The van der Waals surface area contributed by atoms with Crippen LogP contribution in [0.2, 0.25) is 0 Å². The zero-order valence-electron chi connectivity index (χ0n) is 18.3. The van der Waals surface area contributed by atoms with E-state index in [1.165, 1.54) is 6.92 Å². The number of piperazine rings is 1. The quantitative estimate of drug-likeness (QED) is 0.617. The minimum atomic E-state index is -0.0502. The Balaban J connectivity index is 0.00000289. The fourth-order valence-corrected chi connectivity index (χ4v) is 3.69. The number of anilines is 2. The van der Waals surface area contributed by atoms with Crippen molar-refractivity contribution < 1.29 is 4.79 Å². The molecule has 0 unspecified atom stereocenters. The average molecular weight is 454 g/mol. The average Bonchev–Trinajstić information content (AvgIpc) is 3.15. The molecule has 0 saturated carbocycles. The molecule has 1 amide bonds. The Morgan fingerprint density at radius 1 is 1.12 bits per heavy atom. The Labute approximate surface area is 194 Å². The molecule has 4 rings (SSSR count). The summed E-state index contributed by atoms with van der Waals surface area (Å²) in [4.78, 5) is 24.6. The molecule has 3 aromatic rings. The van der Waals surface area contributed by atoms with Gasteiger partial charge in [0.15, 0.2) is 0 Å². The number of amides is 1. The largest absolute Gasteiger partial charge is 0.369 e. The van der Waals surface area contributed by atoms with E-state index in [0.717, 1.165) is 55.4 Å². The van der Waals surface area contributed by atoms with Crippen LogP contribution >= 0.6 is 12.4 Å². The number of hydrogen-bond acceptors (Lipinski definition) is 6. The molecular formula is C23H28ClN7O. The third kappa shape index (κ3) is 5.72. The van der Waals surface area contributed by atoms with Crippen molar-refractivity contribution in [2.45, 2.75) is 13.8 Å². The van der Waals surface area contributed by atoms with Crippen LogP contribution in [0, 0.1) is 6.92 Å². The number of benzene rings is 1. The molecule has 32 heavy (non-hydrogen) atoms. The van der Waals surface area contributed by atoms with Crippen molar-refractivity contribution in [3.8, 4) is 5.95 Å². The molecule has 1 aliphatic rings. The Morgan fingerprint density at radius 3 is 2.59 bits per heavy atom. The predicted octanol–water partition coefficient (Wildman–Crippen LogP) is 3.19. The van der Waals surface area contributed by atoms with Crippen LogP contribution in [0.15, 0.2) is 55.0 Å². The van der Waals surface area contributed by atoms with Crippen LogP contribution in [-0.4, -0.2) is 63.3 Å². The van der Waals surface area contributed by atoms with Gasteiger partial charge in [-0.05, 0) is 31.2 Å². The number of aromatic nitrogens is 4. The molecule has 0 spiro atoms. The summed E-state index contributed by atoms with van der Waals surface area (Å²) in [5.74, 6) is 0.532. The van der Waals surface area contributed by atoms with Crippen molar-refractivity contribution in [3.63, 3.8) is 0 Å². The van der Waals surface area contributed by atoms with Crippen molar-refractivity contribution in [2.75, 3.05) is 42.9 Å². The first-order valence-electron chi connectivity index (χ1n) is 10.4. The fraction of sp³-hybridized carbons (Fsp3) is 0.304. The maximum atomic E-state index is 11.3. The van der Waals surface area contributed by atoms with Gasteiger partial charge in [-0.3, -0.25) is 9.69 Å². The Bertz CT molecular complexity index is 1060. The summed E-state index contributed by atoms with van der Waals surface area (Å²) in [6.07, 6.45) is 9.59. The predicted molar refractivity (Wildman–Crippen MR) is 130 cm³/mol. The van der Waals surface area contributed by atoms with Gasteiger partial charge in [0.1, 0.15) is 0 Å². The zero-order chi connectivity index (χ0) is 21.6. The fourth-order valence-electron chi connectivity index (χ4n) is 3.69. The van der Waals surface area contributed by atoms with Crippen LogP contribution < -0.4 is 10.2 Å². The number of carbonyl (C=O) groups is 1. The third-order valence-electron chi connectivity index (χ3n) is 5.35. The first kappa shape index (κ1) is 23.4. The van der Waals surface area contributed by atoms with Crippen LogP contribution in [0.3, 0.4) is 0 Å². The Morgan fingerprint density at radius 2 is 1.88 bits per heavy atom. The van der Waals surface area contributed by atoms with Crippen LogP contribution in [0.5, 0.6) is 0 Å². The SMILES string of the molecule is CC(=O)Nc1cccc(N2CCN(CC=Cc3cnn(-c4ncccn4)c3C)CC2)c1.Cl. The standard InChI is InChI=1S/C23H27N7O.ClH/c1-18-20(17-26-30(18)23-24-9-5-10-25-23)6-4-11-28-12-14-29(15-13-28)22-8-3-7-21(16-22)27-19(2)31;/h3-10,16-17H,11-15H2,1-2H3,(H,27,31);1H. The van der Waals surface area contributed by atoms with E-state index in [1.807, 2.05) is 31.3 Å². The number of carbonyl (C=O) groups excluding carboxylic acids is 1. The highest BCUT2D eigenvalue weighted by Gasteiger charge is 2.16. The summed E-state index contributed by atoms with van der Waals surface area (Å²) >= 11 is 0. The first-order chi connectivity index (χ1) is 15.1. The van der Waals surface area contributed by atoms with Gasteiger partial charge in [0.2, 0.25) is 5.91 Å². The van der Waals surface area contributed by atoms with E-state index in [-0.39, 0.29) is 18.3 Å². The van der Waals surface area contributed by atoms with Gasteiger partial charge in [0.25, 0.3) is 5.95 Å². The van der Waals surface area contributed by atoms with Gasteiger partial charge in [-0.1, -0.05) is 18.2 Å². The molecular weight excluding hydrogens is 426 g/mol. The highest BCUT2D eigenvalue weighted by molar-refractivity contribution is 5.89. The van der Waals surface area contributed by atoms with Crippen LogP contribution in [0.25, 0.3) is 12.0 Å². The number of hydrogen-bond donors (Lipinski definition) is 1. The molecule has 0 bridgehead atoms. The minimum Gasteiger partial charge on any atom is -0.369 e. The summed E-state index contributed by atoms with van der Waals surface area (Å²) in [7, 11) is 0. The summed E-state index contributed by atoms with van der Waals surface area (Å²) in [6.45, 7) is 8.35. The highest BCUT2D eigenvalue weighted by atomic mass is 35.5. The normalized spacial score (nSPS) is 14.4. The summed E-state index contributed by atoms with van der Waals surface area (Å²) in [5, 5.41) is 7.27. The lowest BCUT2D eigenvalue weighted by molar-refractivity contribution is -0.114. The lowest BCUT2D eigenvalue weighted by Gasteiger charge is -2.35. The number of nitrogens with one attached hydrogen (secondary N) is 1. The smallest absolute Gasteiger partial charge is 0.250 e. The second kappa shape index (κ2) is 10.9. The zero-order valence-corrected chi connectivity index (χ0v) is 19.1. The summed E-state index contributed by atoms with van der Waals surface area (Å²) in [5.41, 5.74) is 4.08. The molecule has 3 heterocycles. The van der Waals surface area contributed by atoms with Gasteiger partial charge in [-0.2, -0.15) is 5.10 Å². The van der Waals surface area contributed by atoms with Gasteiger partial charge in [-0.25, -0.2) is 14.6 Å². The topological polar surface area (TPSA) is 79.2 Å². The van der Waals surface area contributed by atoms with Crippen LogP contribution in [-0.2, 0) is 4.79 Å². The molecule has 8 nitrogen and oxygen atoms in total. The van der Waals surface area contributed by atoms with E-state index >= 15 is 0 Å². The summed E-state index contributed by atoms with van der Waals surface area (Å²) in [6, 6.07) is 9.83. The molecule has 0 aliphatic carbocycles. The molecule has 9 heteroatoms. The lowest BCUT2D eigenvalue weighted by Crippen LogP contribution is -2.46. The highest BCUT2D eigenvalue weighted by Crippen LogP contribution is 2.21. The van der Waals surface area contributed by atoms with Crippen molar-refractivity contribution >= 4 is 35.8 Å². The van der Waals surface area contributed by atoms with Gasteiger partial charge in [-0.15, -0.1) is 12.4 Å². The lowest BCUT2D eigenvalue weighted by atomic mass is 10.2. The minimum absolute atomic E-state index is 0. The number of rotatable bonds is 6. The molecule has 1 saturated heterocycles. The molecule has 1 aromatic carbocycles. The van der Waals surface area contributed by atoms with Gasteiger partial charge < -0.3 is 10.2 Å². The Kier molecular flexibility index (Phi) is 7.97. The van der Waals surface area contributed by atoms with E-state index in [1.54, 1.807) is 23.1 Å². The van der Waals surface area contributed by atoms with Crippen LogP contribution in [0.4, 0.5) is 11.4 Å². The molecule has 2 aromatic heterocycles. The van der Waals surface area contributed by atoms with Crippen molar-refractivity contribution in [1.82, 2.24) is 24.6 Å². The van der Waals surface area contributed by atoms with E-state index < -0.39 is 0 Å². The second-order valence-corrected chi connectivity index (χ2v) is 7.57. The summed E-state index contributed by atoms with van der Waals surface area (Å²) < 4.78 is 1.76. The second-order valence-electron chi connectivity index (χ2n) is 7.57. The molecule has 0 atom stereocenters.